The van der Waals surface area contributed by atoms with Crippen LogP contribution in [0.25, 0.3) is 0 Å². The minimum atomic E-state index is 0.654. The highest BCUT2D eigenvalue weighted by molar-refractivity contribution is 7.09. The number of nitrogens with one attached hydrogen (secondary N) is 1. The predicted molar refractivity (Wildman–Crippen MR) is 73.5 cm³/mol. The first kappa shape index (κ1) is 13.0. The number of hydrogen-bond donors (Lipinski definition) is 1. The van der Waals surface area contributed by atoms with Gasteiger partial charge in [0, 0.05) is 24.5 Å². The fourth-order valence-corrected chi connectivity index (χ4v) is 3.06. The Balaban J connectivity index is 1.68. The maximum Gasteiger partial charge on any atom is 0.0926 e. The van der Waals surface area contributed by atoms with Gasteiger partial charge < -0.3 is 5.32 Å². The second-order valence-electron chi connectivity index (χ2n) is 4.81. The molecule has 1 aliphatic rings. The third kappa shape index (κ3) is 3.76. The highest BCUT2D eigenvalue weighted by Crippen LogP contribution is 2.12. The Hall–Kier alpha value is -0.450. The fraction of sp³-hybridized carbons (Fsp3) is 0.769. The van der Waals surface area contributed by atoms with E-state index < -0.39 is 0 Å². The molecule has 0 spiro atoms. The van der Waals surface area contributed by atoms with Crippen molar-refractivity contribution in [3.05, 3.63) is 16.1 Å². The van der Waals surface area contributed by atoms with E-state index in [4.69, 9.17) is 0 Å². The number of hydrogen-bond acceptors (Lipinski definition) is 4. The number of aromatic nitrogens is 1. The van der Waals surface area contributed by atoms with Crippen LogP contribution in [0, 0.1) is 0 Å². The van der Waals surface area contributed by atoms with E-state index in [-0.39, 0.29) is 0 Å². The van der Waals surface area contributed by atoms with E-state index >= 15 is 0 Å². The first-order valence-corrected chi connectivity index (χ1v) is 7.55. The van der Waals surface area contributed by atoms with Crippen molar-refractivity contribution in [2.45, 2.75) is 45.7 Å². The Labute approximate surface area is 108 Å². The van der Waals surface area contributed by atoms with Gasteiger partial charge in [-0.05, 0) is 39.3 Å². The van der Waals surface area contributed by atoms with Gasteiger partial charge in [0.1, 0.15) is 0 Å². The summed E-state index contributed by atoms with van der Waals surface area (Å²) in [6.45, 7) is 9.01. The molecule has 1 N–H and O–H groups in total. The van der Waals surface area contributed by atoms with Crippen LogP contribution in [0.4, 0.5) is 0 Å². The zero-order valence-electron chi connectivity index (χ0n) is 10.9. The standard InChI is InChI=1S/C13H23N3S/c1-3-13-15-12(10-17-13)9-14-8-11(2)16-6-4-5-7-16/h10-11,14H,3-9H2,1-2H3. The molecule has 1 saturated heterocycles. The molecular weight excluding hydrogens is 230 g/mol. The van der Waals surface area contributed by atoms with Crippen molar-refractivity contribution in [3.63, 3.8) is 0 Å². The molecule has 1 unspecified atom stereocenters. The maximum absolute atomic E-state index is 4.57. The molecule has 0 bridgehead atoms. The molecule has 1 atom stereocenters. The van der Waals surface area contributed by atoms with Crippen molar-refractivity contribution < 1.29 is 0 Å². The summed E-state index contributed by atoms with van der Waals surface area (Å²) >= 11 is 1.77. The van der Waals surface area contributed by atoms with Gasteiger partial charge in [-0.3, -0.25) is 4.90 Å². The molecule has 3 nitrogen and oxygen atoms in total. The summed E-state index contributed by atoms with van der Waals surface area (Å²) in [5.74, 6) is 0. The molecule has 2 rings (SSSR count). The van der Waals surface area contributed by atoms with Gasteiger partial charge in [0.25, 0.3) is 0 Å². The molecule has 1 aromatic heterocycles. The van der Waals surface area contributed by atoms with Gasteiger partial charge in [-0.1, -0.05) is 6.92 Å². The van der Waals surface area contributed by atoms with E-state index in [1.165, 1.54) is 36.6 Å². The first-order valence-electron chi connectivity index (χ1n) is 6.67. The fourth-order valence-electron chi connectivity index (χ4n) is 2.31. The largest absolute Gasteiger partial charge is 0.310 e. The van der Waals surface area contributed by atoms with Crippen LogP contribution in [0.3, 0.4) is 0 Å². The second kappa shape index (κ2) is 6.47. The molecular formula is C13H23N3S. The number of thiazole rings is 1. The van der Waals surface area contributed by atoms with Crippen molar-refractivity contribution in [2.75, 3.05) is 19.6 Å². The summed E-state index contributed by atoms with van der Waals surface area (Å²) in [5, 5.41) is 6.94. The predicted octanol–water partition coefficient (Wildman–Crippen LogP) is 2.28. The van der Waals surface area contributed by atoms with E-state index in [2.05, 4.69) is 34.4 Å². The Kier molecular flexibility index (Phi) is 4.95. The van der Waals surface area contributed by atoms with Gasteiger partial charge in [-0.25, -0.2) is 4.98 Å². The minimum absolute atomic E-state index is 0.654. The summed E-state index contributed by atoms with van der Waals surface area (Å²) in [5.41, 5.74) is 1.19. The molecule has 17 heavy (non-hydrogen) atoms. The molecule has 0 amide bonds. The maximum atomic E-state index is 4.57. The van der Waals surface area contributed by atoms with E-state index in [1.54, 1.807) is 11.3 Å². The van der Waals surface area contributed by atoms with Crippen LogP contribution in [0.15, 0.2) is 5.38 Å². The van der Waals surface area contributed by atoms with Gasteiger partial charge in [-0.2, -0.15) is 0 Å². The lowest BCUT2D eigenvalue weighted by Gasteiger charge is -2.23. The van der Waals surface area contributed by atoms with Crippen molar-refractivity contribution in [1.82, 2.24) is 15.2 Å². The van der Waals surface area contributed by atoms with Crippen molar-refractivity contribution in [2.24, 2.45) is 0 Å². The molecule has 0 radical (unpaired) electrons. The normalized spacial score (nSPS) is 18.7. The van der Waals surface area contributed by atoms with Crippen molar-refractivity contribution >= 4 is 11.3 Å². The number of aryl methyl sites for hydroxylation is 1. The molecule has 0 aliphatic carbocycles. The molecule has 2 heterocycles. The topological polar surface area (TPSA) is 28.2 Å². The second-order valence-corrected chi connectivity index (χ2v) is 5.75. The first-order chi connectivity index (χ1) is 8.29. The molecule has 96 valence electrons. The summed E-state index contributed by atoms with van der Waals surface area (Å²) in [6, 6.07) is 0.654. The third-order valence-corrected chi connectivity index (χ3v) is 4.45. The Morgan fingerprint density at radius 3 is 2.88 bits per heavy atom. The highest BCUT2D eigenvalue weighted by atomic mass is 32.1. The lowest BCUT2D eigenvalue weighted by molar-refractivity contribution is 0.251. The summed E-state index contributed by atoms with van der Waals surface area (Å²) in [6.07, 6.45) is 3.79. The Morgan fingerprint density at radius 1 is 1.47 bits per heavy atom. The Morgan fingerprint density at radius 2 is 2.24 bits per heavy atom. The number of rotatable bonds is 6. The van der Waals surface area contributed by atoms with Crippen LogP contribution in [-0.2, 0) is 13.0 Å². The van der Waals surface area contributed by atoms with Crippen molar-refractivity contribution in [3.8, 4) is 0 Å². The summed E-state index contributed by atoms with van der Waals surface area (Å²) in [7, 11) is 0. The van der Waals surface area contributed by atoms with Gasteiger partial charge >= 0.3 is 0 Å². The Bertz CT molecular complexity index is 331. The molecule has 0 saturated carbocycles. The lowest BCUT2D eigenvalue weighted by atomic mass is 10.3. The van der Waals surface area contributed by atoms with Crippen LogP contribution in [0.5, 0.6) is 0 Å². The summed E-state index contributed by atoms with van der Waals surface area (Å²) in [4.78, 5) is 7.14. The van der Waals surface area contributed by atoms with Crippen LogP contribution >= 0.6 is 11.3 Å². The van der Waals surface area contributed by atoms with Crippen LogP contribution < -0.4 is 5.32 Å². The number of nitrogens with zero attached hydrogens (tertiary/aromatic N) is 2. The van der Waals surface area contributed by atoms with Crippen LogP contribution in [-0.4, -0.2) is 35.6 Å². The zero-order valence-corrected chi connectivity index (χ0v) is 11.7. The molecule has 1 aliphatic heterocycles. The van der Waals surface area contributed by atoms with Crippen LogP contribution in [0.1, 0.15) is 37.4 Å². The third-order valence-electron chi connectivity index (χ3n) is 3.41. The molecule has 0 aromatic carbocycles. The lowest BCUT2D eigenvalue weighted by Crippen LogP contribution is -2.38. The highest BCUT2D eigenvalue weighted by Gasteiger charge is 2.17. The smallest absolute Gasteiger partial charge is 0.0926 e. The number of likely N-dealkylation sites (tertiary alicyclic amines) is 1. The SMILES string of the molecule is CCc1nc(CNCC(C)N2CCCC2)cs1. The molecule has 1 fully saturated rings. The zero-order chi connectivity index (χ0) is 12.1. The van der Waals surface area contributed by atoms with Crippen LogP contribution in [0.2, 0.25) is 0 Å². The van der Waals surface area contributed by atoms with Gasteiger partial charge in [0.2, 0.25) is 0 Å². The van der Waals surface area contributed by atoms with E-state index in [1.807, 2.05) is 0 Å². The average Bonchev–Trinajstić information content (AvgIpc) is 3.00. The van der Waals surface area contributed by atoms with E-state index in [0.717, 1.165) is 19.5 Å². The van der Waals surface area contributed by atoms with E-state index in [9.17, 15) is 0 Å². The van der Waals surface area contributed by atoms with Crippen molar-refractivity contribution in [1.29, 1.82) is 0 Å². The van der Waals surface area contributed by atoms with Gasteiger partial charge in [0.05, 0.1) is 10.7 Å². The van der Waals surface area contributed by atoms with Gasteiger partial charge in [0.15, 0.2) is 0 Å². The summed E-state index contributed by atoms with van der Waals surface area (Å²) < 4.78 is 0. The quantitative estimate of drug-likeness (QED) is 0.843. The molecule has 1 aromatic rings. The average molecular weight is 253 g/mol. The van der Waals surface area contributed by atoms with Gasteiger partial charge in [-0.15, -0.1) is 11.3 Å². The molecule has 4 heteroatoms. The van der Waals surface area contributed by atoms with E-state index in [0.29, 0.717) is 6.04 Å². The monoisotopic (exact) mass is 253 g/mol. The minimum Gasteiger partial charge on any atom is -0.310 e.